The highest BCUT2D eigenvalue weighted by molar-refractivity contribution is 8.00. The summed E-state index contributed by atoms with van der Waals surface area (Å²) in [5.74, 6) is -0.798. The highest BCUT2D eigenvalue weighted by Gasteiger charge is 2.34. The summed E-state index contributed by atoms with van der Waals surface area (Å²) in [7, 11) is 0. The van der Waals surface area contributed by atoms with Gasteiger partial charge in [-0.2, -0.15) is 0 Å². The quantitative estimate of drug-likeness (QED) is 0.659. The molecule has 3 aromatic carbocycles. The molecular formula is C22H16F2N2O2S. The van der Waals surface area contributed by atoms with Gasteiger partial charge in [0.1, 0.15) is 17.0 Å². The minimum atomic E-state index is -0.403. The zero-order valence-corrected chi connectivity index (χ0v) is 16.0. The van der Waals surface area contributed by atoms with Gasteiger partial charge < -0.3 is 5.32 Å². The fourth-order valence-corrected chi connectivity index (χ4v) is 4.26. The van der Waals surface area contributed by atoms with Gasteiger partial charge >= 0.3 is 0 Å². The van der Waals surface area contributed by atoms with Crippen LogP contribution >= 0.6 is 11.8 Å². The summed E-state index contributed by atoms with van der Waals surface area (Å²) >= 11 is 1.49. The maximum Gasteiger partial charge on any atom is 0.255 e. The van der Waals surface area contributed by atoms with Gasteiger partial charge in [-0.05, 0) is 66.2 Å². The van der Waals surface area contributed by atoms with Crippen molar-refractivity contribution in [2.24, 2.45) is 0 Å². The number of hydrogen-bond acceptors (Lipinski definition) is 3. The first-order valence-corrected chi connectivity index (χ1v) is 9.92. The lowest BCUT2D eigenvalue weighted by molar-refractivity contribution is -0.115. The second kappa shape index (κ2) is 8.05. The van der Waals surface area contributed by atoms with Crippen LogP contribution in [0, 0.1) is 11.6 Å². The molecule has 1 aliphatic heterocycles. The van der Waals surface area contributed by atoms with Gasteiger partial charge in [0.2, 0.25) is 5.91 Å². The first kappa shape index (κ1) is 19.1. The molecule has 0 saturated carbocycles. The third-order valence-corrected chi connectivity index (χ3v) is 5.75. The Hall–Kier alpha value is -3.19. The number of nitrogens with zero attached hydrogens (tertiary/aromatic N) is 1. The molecule has 4 rings (SSSR count). The molecule has 1 N–H and O–H groups in total. The summed E-state index contributed by atoms with van der Waals surface area (Å²) in [5.41, 5.74) is 2.48. The maximum atomic E-state index is 13.2. The largest absolute Gasteiger partial charge is 0.322 e. The molecule has 4 nitrogen and oxygen atoms in total. The van der Waals surface area contributed by atoms with Crippen LogP contribution in [0.1, 0.15) is 21.3 Å². The van der Waals surface area contributed by atoms with Gasteiger partial charge in [0.05, 0.1) is 5.75 Å². The zero-order chi connectivity index (χ0) is 20.4. The standard InChI is InChI=1S/C22H16F2N2O2S/c23-16-5-1-14(2-6-16)21(28)25-18-9-3-15(4-10-18)22-26(20(27)13-29-22)19-11-7-17(24)8-12-19/h1-12,22H,13H2,(H,25,28)/t22-/m0/s1. The summed E-state index contributed by atoms with van der Waals surface area (Å²) in [6.45, 7) is 0. The van der Waals surface area contributed by atoms with E-state index in [0.29, 0.717) is 22.7 Å². The molecule has 2 amide bonds. The molecule has 7 heteroatoms. The van der Waals surface area contributed by atoms with E-state index in [-0.39, 0.29) is 23.0 Å². The maximum absolute atomic E-state index is 13.2. The monoisotopic (exact) mass is 410 g/mol. The number of benzene rings is 3. The van der Waals surface area contributed by atoms with Gasteiger partial charge in [-0.1, -0.05) is 12.1 Å². The average Bonchev–Trinajstić information content (AvgIpc) is 3.11. The molecule has 0 aliphatic carbocycles. The van der Waals surface area contributed by atoms with Crippen LogP contribution in [-0.4, -0.2) is 17.6 Å². The molecule has 1 heterocycles. The van der Waals surface area contributed by atoms with Crippen molar-refractivity contribution in [2.75, 3.05) is 16.0 Å². The van der Waals surface area contributed by atoms with Crippen molar-refractivity contribution in [3.8, 4) is 0 Å². The molecule has 0 aromatic heterocycles. The van der Waals surface area contributed by atoms with Crippen molar-refractivity contribution in [1.82, 2.24) is 0 Å². The molecule has 29 heavy (non-hydrogen) atoms. The van der Waals surface area contributed by atoms with Crippen LogP contribution in [0.3, 0.4) is 0 Å². The molecular weight excluding hydrogens is 394 g/mol. The lowest BCUT2D eigenvalue weighted by Crippen LogP contribution is -2.27. The van der Waals surface area contributed by atoms with E-state index < -0.39 is 5.82 Å². The predicted octanol–water partition coefficient (Wildman–Crippen LogP) is 5.00. The van der Waals surface area contributed by atoms with Gasteiger partial charge in [0.15, 0.2) is 0 Å². The average molecular weight is 410 g/mol. The van der Waals surface area contributed by atoms with E-state index in [2.05, 4.69) is 5.32 Å². The van der Waals surface area contributed by atoms with Crippen LogP contribution in [-0.2, 0) is 4.79 Å². The van der Waals surface area contributed by atoms with Gasteiger partial charge in [-0.3, -0.25) is 14.5 Å². The number of rotatable bonds is 4. The fraction of sp³-hybridized carbons (Fsp3) is 0.0909. The van der Waals surface area contributed by atoms with E-state index in [0.717, 1.165) is 5.56 Å². The normalized spacial score (nSPS) is 16.1. The van der Waals surface area contributed by atoms with E-state index >= 15 is 0 Å². The predicted molar refractivity (Wildman–Crippen MR) is 110 cm³/mol. The molecule has 1 fully saturated rings. The summed E-state index contributed by atoms with van der Waals surface area (Å²) in [6, 6.07) is 18.3. The molecule has 0 unspecified atom stereocenters. The number of carbonyl (C=O) groups is 2. The van der Waals surface area contributed by atoms with Crippen LogP contribution in [0.4, 0.5) is 20.2 Å². The number of nitrogens with one attached hydrogen (secondary N) is 1. The van der Waals surface area contributed by atoms with Gasteiger partial charge in [-0.15, -0.1) is 11.8 Å². The van der Waals surface area contributed by atoms with E-state index in [9.17, 15) is 18.4 Å². The van der Waals surface area contributed by atoms with Crippen molar-refractivity contribution < 1.29 is 18.4 Å². The molecule has 0 radical (unpaired) electrons. The summed E-state index contributed by atoms with van der Waals surface area (Å²) in [4.78, 5) is 26.3. The second-order valence-electron chi connectivity index (χ2n) is 6.49. The Labute approximate surface area is 170 Å². The van der Waals surface area contributed by atoms with Crippen molar-refractivity contribution in [2.45, 2.75) is 5.37 Å². The molecule has 3 aromatic rings. The summed E-state index contributed by atoms with van der Waals surface area (Å²) < 4.78 is 26.2. The fourth-order valence-electron chi connectivity index (χ4n) is 3.09. The Bertz CT molecular complexity index is 1040. The minimum absolute atomic E-state index is 0.0414. The Balaban J connectivity index is 1.50. The third kappa shape index (κ3) is 4.14. The first-order chi connectivity index (χ1) is 14.0. The summed E-state index contributed by atoms with van der Waals surface area (Å²) in [6.07, 6.45) is 0. The highest BCUT2D eigenvalue weighted by Crippen LogP contribution is 2.41. The molecule has 1 aliphatic rings. The Morgan fingerprint density at radius 3 is 2.10 bits per heavy atom. The van der Waals surface area contributed by atoms with Crippen LogP contribution in [0.25, 0.3) is 0 Å². The molecule has 1 saturated heterocycles. The summed E-state index contributed by atoms with van der Waals surface area (Å²) in [5, 5.41) is 2.54. The van der Waals surface area contributed by atoms with E-state index in [1.807, 2.05) is 12.1 Å². The number of halogens is 2. The zero-order valence-electron chi connectivity index (χ0n) is 15.1. The Morgan fingerprint density at radius 1 is 0.897 bits per heavy atom. The second-order valence-corrected chi connectivity index (χ2v) is 7.56. The van der Waals surface area contributed by atoms with Gasteiger partial charge in [0, 0.05) is 16.9 Å². The number of anilines is 2. The van der Waals surface area contributed by atoms with Crippen molar-refractivity contribution in [3.63, 3.8) is 0 Å². The first-order valence-electron chi connectivity index (χ1n) is 8.87. The Morgan fingerprint density at radius 2 is 1.48 bits per heavy atom. The van der Waals surface area contributed by atoms with Crippen LogP contribution in [0.2, 0.25) is 0 Å². The van der Waals surface area contributed by atoms with Gasteiger partial charge in [-0.25, -0.2) is 8.78 Å². The molecule has 0 spiro atoms. The minimum Gasteiger partial charge on any atom is -0.322 e. The topological polar surface area (TPSA) is 49.4 Å². The van der Waals surface area contributed by atoms with Crippen molar-refractivity contribution >= 4 is 35.0 Å². The number of carbonyl (C=O) groups excluding carboxylic acids is 2. The van der Waals surface area contributed by atoms with Crippen LogP contribution < -0.4 is 10.2 Å². The van der Waals surface area contributed by atoms with Gasteiger partial charge in [0.25, 0.3) is 5.91 Å². The van der Waals surface area contributed by atoms with Crippen LogP contribution in [0.15, 0.2) is 72.8 Å². The lowest BCUT2D eigenvalue weighted by atomic mass is 10.1. The van der Waals surface area contributed by atoms with E-state index in [4.69, 9.17) is 0 Å². The number of amides is 2. The van der Waals surface area contributed by atoms with E-state index in [1.54, 1.807) is 29.2 Å². The van der Waals surface area contributed by atoms with Crippen molar-refractivity contribution in [3.05, 3.63) is 95.6 Å². The van der Waals surface area contributed by atoms with Crippen LogP contribution in [0.5, 0.6) is 0 Å². The lowest BCUT2D eigenvalue weighted by Gasteiger charge is -2.24. The number of thioether (sulfide) groups is 1. The third-order valence-electron chi connectivity index (χ3n) is 4.53. The van der Waals surface area contributed by atoms with Crippen molar-refractivity contribution in [1.29, 1.82) is 0 Å². The molecule has 1 atom stereocenters. The SMILES string of the molecule is O=C(Nc1ccc([C@@H]2SCC(=O)N2c2ccc(F)cc2)cc1)c1ccc(F)cc1. The smallest absolute Gasteiger partial charge is 0.255 e. The molecule has 0 bridgehead atoms. The highest BCUT2D eigenvalue weighted by atomic mass is 32.2. The molecule has 146 valence electrons. The number of hydrogen-bond donors (Lipinski definition) is 1. The Kier molecular flexibility index (Phi) is 5.31. The van der Waals surface area contributed by atoms with E-state index in [1.165, 1.54) is 48.2 Å².